The van der Waals surface area contributed by atoms with Crippen LogP contribution in [0.1, 0.15) is 26.7 Å². The van der Waals surface area contributed by atoms with E-state index in [4.69, 9.17) is 9.84 Å². The third-order valence-corrected chi connectivity index (χ3v) is 3.11. The summed E-state index contributed by atoms with van der Waals surface area (Å²) in [5.74, 6) is -1.46. The van der Waals surface area contributed by atoms with E-state index in [1.165, 1.54) is 11.8 Å². The van der Waals surface area contributed by atoms with Crippen molar-refractivity contribution in [2.45, 2.75) is 32.7 Å². The summed E-state index contributed by atoms with van der Waals surface area (Å²) in [5, 5.41) is 11.1. The average molecular weight is 272 g/mol. The quantitative estimate of drug-likeness (QED) is 0.724. The van der Waals surface area contributed by atoms with Crippen LogP contribution in [-0.2, 0) is 14.3 Å². The molecule has 1 fully saturated rings. The van der Waals surface area contributed by atoms with Crippen LogP contribution in [-0.4, -0.2) is 53.7 Å². The molecule has 0 aromatic rings. The van der Waals surface area contributed by atoms with Gasteiger partial charge in [-0.3, -0.25) is 9.59 Å². The number of amides is 2. The van der Waals surface area contributed by atoms with Gasteiger partial charge in [-0.15, -0.1) is 0 Å². The minimum atomic E-state index is -1.07. The van der Waals surface area contributed by atoms with Crippen molar-refractivity contribution in [3.05, 3.63) is 0 Å². The molecule has 0 aliphatic carbocycles. The molecule has 0 radical (unpaired) electrons. The first-order valence-corrected chi connectivity index (χ1v) is 6.40. The van der Waals surface area contributed by atoms with E-state index in [2.05, 4.69) is 5.32 Å². The number of aliphatic carboxylic acids is 1. The van der Waals surface area contributed by atoms with Crippen molar-refractivity contribution in [3.8, 4) is 0 Å². The summed E-state index contributed by atoms with van der Waals surface area (Å²) >= 11 is 0. The Bertz CT molecular complexity index is 350. The topological polar surface area (TPSA) is 95.9 Å². The normalized spacial score (nSPS) is 17.7. The number of carboxylic acid groups (broad SMARTS) is 1. The smallest absolute Gasteiger partial charge is 0.325 e. The highest BCUT2D eigenvalue weighted by Crippen LogP contribution is 2.18. The first-order chi connectivity index (χ1) is 8.95. The van der Waals surface area contributed by atoms with E-state index >= 15 is 0 Å². The average Bonchev–Trinajstić information content (AvgIpc) is 2.39. The van der Waals surface area contributed by atoms with Crippen LogP contribution in [0.5, 0.6) is 0 Å². The summed E-state index contributed by atoms with van der Waals surface area (Å²) in [6.45, 7) is 4.39. The Morgan fingerprint density at radius 2 is 1.95 bits per heavy atom. The molecule has 2 N–H and O–H groups in total. The molecular weight excluding hydrogens is 252 g/mol. The molecule has 1 aliphatic rings. The molecule has 1 atom stereocenters. The lowest BCUT2D eigenvalue weighted by molar-refractivity contribution is -0.149. The molecule has 1 unspecified atom stereocenters. The molecule has 1 saturated heterocycles. The number of nitrogens with zero attached hydrogens (tertiary/aromatic N) is 1. The predicted octanol–water partition coefficient (Wildman–Crippen LogP) is 0.444. The Labute approximate surface area is 111 Å². The molecule has 0 spiro atoms. The summed E-state index contributed by atoms with van der Waals surface area (Å²) in [7, 11) is 0. The maximum Gasteiger partial charge on any atom is 0.325 e. The summed E-state index contributed by atoms with van der Waals surface area (Å²) < 4.78 is 4.94. The number of hydrogen-bond donors (Lipinski definition) is 2. The van der Waals surface area contributed by atoms with Gasteiger partial charge in [-0.25, -0.2) is 4.79 Å². The molecule has 108 valence electrons. The molecule has 19 heavy (non-hydrogen) atoms. The molecule has 2 amide bonds. The monoisotopic (exact) mass is 272 g/mol. The van der Waals surface area contributed by atoms with Crippen LogP contribution in [0.25, 0.3) is 0 Å². The summed E-state index contributed by atoms with van der Waals surface area (Å²) in [4.78, 5) is 35.4. The van der Waals surface area contributed by atoms with E-state index in [0.29, 0.717) is 32.5 Å². The molecule has 7 heteroatoms. The highest BCUT2D eigenvalue weighted by Gasteiger charge is 2.29. The minimum absolute atomic E-state index is 0.166. The van der Waals surface area contributed by atoms with Gasteiger partial charge in [0.05, 0.1) is 12.5 Å². The second-order valence-corrected chi connectivity index (χ2v) is 4.52. The molecule has 0 aromatic heterocycles. The van der Waals surface area contributed by atoms with Gasteiger partial charge >= 0.3 is 18.0 Å². The van der Waals surface area contributed by atoms with Gasteiger partial charge in [-0.1, -0.05) is 0 Å². The number of ether oxygens (including phenoxy) is 1. The molecule has 1 aliphatic heterocycles. The number of urea groups is 1. The standard InChI is InChI=1S/C12H20N2O5/c1-3-19-11(17)9-4-6-14(7-5-9)12(18)13-8(2)10(15)16/h8-9H,3-7H2,1-2H3,(H,13,18)(H,15,16). The van der Waals surface area contributed by atoms with Crippen LogP contribution >= 0.6 is 0 Å². The van der Waals surface area contributed by atoms with Gasteiger partial charge in [-0.2, -0.15) is 0 Å². The van der Waals surface area contributed by atoms with E-state index in [1.54, 1.807) is 6.92 Å². The van der Waals surface area contributed by atoms with Gasteiger partial charge in [0.15, 0.2) is 0 Å². The Morgan fingerprint density at radius 3 is 2.42 bits per heavy atom. The zero-order chi connectivity index (χ0) is 14.4. The number of likely N-dealkylation sites (tertiary alicyclic amines) is 1. The Balaban J connectivity index is 2.39. The number of nitrogens with one attached hydrogen (secondary N) is 1. The molecular formula is C12H20N2O5. The first-order valence-electron chi connectivity index (χ1n) is 6.40. The highest BCUT2D eigenvalue weighted by molar-refractivity contribution is 5.82. The Hall–Kier alpha value is -1.79. The lowest BCUT2D eigenvalue weighted by atomic mass is 9.97. The number of esters is 1. The summed E-state index contributed by atoms with van der Waals surface area (Å²) in [6.07, 6.45) is 1.10. The molecule has 1 heterocycles. The zero-order valence-corrected chi connectivity index (χ0v) is 11.2. The van der Waals surface area contributed by atoms with Crippen LogP contribution in [0.15, 0.2) is 0 Å². The van der Waals surface area contributed by atoms with E-state index in [0.717, 1.165) is 0 Å². The third kappa shape index (κ3) is 4.42. The van der Waals surface area contributed by atoms with E-state index in [9.17, 15) is 14.4 Å². The van der Waals surface area contributed by atoms with Crippen molar-refractivity contribution < 1.29 is 24.2 Å². The van der Waals surface area contributed by atoms with Crippen molar-refractivity contribution in [3.63, 3.8) is 0 Å². The highest BCUT2D eigenvalue weighted by atomic mass is 16.5. The summed E-state index contributed by atoms with van der Waals surface area (Å²) in [5.41, 5.74) is 0. The number of hydrogen-bond acceptors (Lipinski definition) is 4. The van der Waals surface area contributed by atoms with Gasteiger partial charge in [0.2, 0.25) is 0 Å². The second-order valence-electron chi connectivity index (χ2n) is 4.52. The van der Waals surface area contributed by atoms with Crippen LogP contribution in [0.4, 0.5) is 4.79 Å². The maximum absolute atomic E-state index is 11.8. The van der Waals surface area contributed by atoms with Crippen molar-refractivity contribution >= 4 is 18.0 Å². The predicted molar refractivity (Wildman–Crippen MR) is 66.6 cm³/mol. The van der Waals surface area contributed by atoms with Crippen LogP contribution in [0.3, 0.4) is 0 Å². The first kappa shape index (κ1) is 15.3. The number of carbonyl (C=O) groups is 3. The fourth-order valence-corrected chi connectivity index (χ4v) is 1.92. The molecule has 1 rings (SSSR count). The number of carbonyl (C=O) groups excluding carboxylic acids is 2. The van der Waals surface area contributed by atoms with Gasteiger partial charge in [0, 0.05) is 13.1 Å². The second kappa shape index (κ2) is 6.96. The minimum Gasteiger partial charge on any atom is -0.480 e. The van der Waals surface area contributed by atoms with Gasteiger partial charge in [-0.05, 0) is 26.7 Å². The van der Waals surface area contributed by atoms with Crippen molar-refractivity contribution in [2.24, 2.45) is 5.92 Å². The van der Waals surface area contributed by atoms with E-state index in [1.807, 2.05) is 0 Å². The van der Waals surface area contributed by atoms with Crippen LogP contribution < -0.4 is 5.32 Å². The number of rotatable bonds is 4. The molecule has 0 bridgehead atoms. The lowest BCUT2D eigenvalue weighted by Gasteiger charge is -2.31. The van der Waals surface area contributed by atoms with Gasteiger partial charge in [0.1, 0.15) is 6.04 Å². The van der Waals surface area contributed by atoms with Crippen molar-refractivity contribution in [1.82, 2.24) is 10.2 Å². The largest absolute Gasteiger partial charge is 0.480 e. The zero-order valence-electron chi connectivity index (χ0n) is 11.2. The lowest BCUT2D eigenvalue weighted by Crippen LogP contribution is -2.49. The Kier molecular flexibility index (Phi) is 5.59. The number of piperidine rings is 1. The van der Waals surface area contributed by atoms with Crippen LogP contribution in [0.2, 0.25) is 0 Å². The van der Waals surface area contributed by atoms with Crippen molar-refractivity contribution in [1.29, 1.82) is 0 Å². The van der Waals surface area contributed by atoms with Gasteiger partial charge in [0.25, 0.3) is 0 Å². The van der Waals surface area contributed by atoms with Crippen LogP contribution in [0, 0.1) is 5.92 Å². The fourth-order valence-electron chi connectivity index (χ4n) is 1.92. The van der Waals surface area contributed by atoms with E-state index in [-0.39, 0.29) is 11.9 Å². The van der Waals surface area contributed by atoms with Gasteiger partial charge < -0.3 is 20.1 Å². The Morgan fingerprint density at radius 1 is 1.37 bits per heavy atom. The molecule has 0 aromatic carbocycles. The summed E-state index contributed by atoms with van der Waals surface area (Å²) in [6, 6.07) is -1.33. The third-order valence-electron chi connectivity index (χ3n) is 3.11. The maximum atomic E-state index is 11.8. The van der Waals surface area contributed by atoms with E-state index < -0.39 is 18.0 Å². The molecule has 0 saturated carbocycles. The molecule has 7 nitrogen and oxygen atoms in total. The van der Waals surface area contributed by atoms with Crippen molar-refractivity contribution in [2.75, 3.05) is 19.7 Å². The number of carboxylic acids is 1. The SMILES string of the molecule is CCOC(=O)C1CCN(C(=O)NC(C)C(=O)O)CC1. The fraction of sp³-hybridized carbons (Fsp3) is 0.750.